The van der Waals surface area contributed by atoms with Gasteiger partial charge in [0.05, 0.1) is 12.2 Å². The minimum Gasteiger partial charge on any atom is -0.441 e. The molecule has 1 aromatic carbocycles. The molecule has 0 aliphatic heterocycles. The molecule has 4 rings (SSSR count). The minimum atomic E-state index is -0.229. The average Bonchev–Trinajstić information content (AvgIpc) is 3.10. The maximum atomic E-state index is 12.3. The third-order valence-corrected chi connectivity index (χ3v) is 4.43. The van der Waals surface area contributed by atoms with E-state index < -0.39 is 0 Å². The first kappa shape index (κ1) is 14.7. The topological polar surface area (TPSA) is 85.0 Å². The van der Waals surface area contributed by atoms with E-state index in [1.165, 1.54) is 5.69 Å². The summed E-state index contributed by atoms with van der Waals surface area (Å²) in [7, 11) is 1.94. The van der Waals surface area contributed by atoms with Gasteiger partial charge in [-0.25, -0.2) is 9.78 Å². The summed E-state index contributed by atoms with van der Waals surface area (Å²) in [5, 5.41) is 10.2. The Balaban J connectivity index is 1.48. The second-order valence-corrected chi connectivity index (χ2v) is 6.13. The maximum Gasteiger partial charge on any atom is 0.319 e. The van der Waals surface area contributed by atoms with Gasteiger partial charge < -0.3 is 15.1 Å². The van der Waals surface area contributed by atoms with Crippen LogP contribution in [-0.4, -0.2) is 20.8 Å². The third kappa shape index (κ3) is 2.62. The van der Waals surface area contributed by atoms with E-state index in [-0.39, 0.29) is 12.1 Å². The van der Waals surface area contributed by atoms with Gasteiger partial charge in [-0.15, -0.1) is 0 Å². The second-order valence-electron chi connectivity index (χ2n) is 6.13. The molecule has 1 atom stereocenters. The highest BCUT2D eigenvalue weighted by Gasteiger charge is 2.24. The molecule has 3 aromatic rings. The zero-order valence-electron chi connectivity index (χ0n) is 13.7. The van der Waals surface area contributed by atoms with Crippen LogP contribution in [0.25, 0.3) is 11.1 Å². The number of carbonyl (C=O) groups is 1. The molecule has 24 heavy (non-hydrogen) atoms. The first-order valence-corrected chi connectivity index (χ1v) is 8.05. The normalized spacial score (nSPS) is 16.8. The molecule has 0 spiro atoms. The number of carbonyl (C=O) groups excluding carboxylic acids is 1. The molecule has 0 saturated carbocycles. The van der Waals surface area contributed by atoms with Gasteiger partial charge in [0, 0.05) is 37.0 Å². The SMILES string of the molecule is Cc1nc2ccc(NC(=O)N[C@@H]3CCCc4c3cnn4C)cc2o1. The molecule has 2 aromatic heterocycles. The number of urea groups is 1. The number of oxazole rings is 1. The molecule has 7 nitrogen and oxygen atoms in total. The Morgan fingerprint density at radius 3 is 3.17 bits per heavy atom. The number of nitrogens with zero attached hydrogens (tertiary/aromatic N) is 3. The first-order chi connectivity index (χ1) is 11.6. The highest BCUT2D eigenvalue weighted by Crippen LogP contribution is 2.29. The lowest BCUT2D eigenvalue weighted by Crippen LogP contribution is -2.34. The van der Waals surface area contributed by atoms with Crippen molar-refractivity contribution in [3.63, 3.8) is 0 Å². The highest BCUT2D eigenvalue weighted by atomic mass is 16.3. The van der Waals surface area contributed by atoms with Crippen molar-refractivity contribution in [2.45, 2.75) is 32.2 Å². The highest BCUT2D eigenvalue weighted by molar-refractivity contribution is 5.91. The summed E-state index contributed by atoms with van der Waals surface area (Å²) in [5.74, 6) is 0.609. The van der Waals surface area contributed by atoms with Crippen molar-refractivity contribution in [1.82, 2.24) is 20.1 Å². The number of aryl methyl sites for hydroxylation is 2. The van der Waals surface area contributed by atoms with Crippen LogP contribution >= 0.6 is 0 Å². The third-order valence-electron chi connectivity index (χ3n) is 4.43. The smallest absolute Gasteiger partial charge is 0.319 e. The van der Waals surface area contributed by atoms with Gasteiger partial charge in [0.15, 0.2) is 11.5 Å². The molecule has 0 bridgehead atoms. The van der Waals surface area contributed by atoms with Crippen LogP contribution in [0.1, 0.15) is 36.0 Å². The predicted molar refractivity (Wildman–Crippen MR) is 89.8 cm³/mol. The fraction of sp³-hybridized carbons (Fsp3) is 0.353. The fourth-order valence-corrected chi connectivity index (χ4v) is 3.30. The van der Waals surface area contributed by atoms with E-state index in [2.05, 4.69) is 20.7 Å². The molecule has 2 N–H and O–H groups in total. The summed E-state index contributed by atoms with van der Waals surface area (Å²) in [6, 6.07) is 5.21. The summed E-state index contributed by atoms with van der Waals surface area (Å²) < 4.78 is 7.39. The van der Waals surface area contributed by atoms with Crippen molar-refractivity contribution in [2.75, 3.05) is 5.32 Å². The molecule has 0 saturated heterocycles. The predicted octanol–water partition coefficient (Wildman–Crippen LogP) is 3.07. The lowest BCUT2D eigenvalue weighted by Gasteiger charge is -2.23. The molecule has 2 amide bonds. The van der Waals surface area contributed by atoms with Crippen LogP contribution in [0.2, 0.25) is 0 Å². The Hall–Kier alpha value is -2.83. The van der Waals surface area contributed by atoms with Crippen molar-refractivity contribution in [3.8, 4) is 0 Å². The summed E-state index contributed by atoms with van der Waals surface area (Å²) >= 11 is 0. The van der Waals surface area contributed by atoms with Gasteiger partial charge in [0.25, 0.3) is 0 Å². The number of benzene rings is 1. The van der Waals surface area contributed by atoms with Crippen LogP contribution in [-0.2, 0) is 13.5 Å². The van der Waals surface area contributed by atoms with E-state index in [9.17, 15) is 4.79 Å². The van der Waals surface area contributed by atoms with Gasteiger partial charge in [-0.2, -0.15) is 5.10 Å². The van der Waals surface area contributed by atoms with Gasteiger partial charge in [-0.1, -0.05) is 0 Å². The van der Waals surface area contributed by atoms with E-state index in [0.717, 1.165) is 30.3 Å². The van der Waals surface area contributed by atoms with Gasteiger partial charge in [0.2, 0.25) is 0 Å². The zero-order valence-corrected chi connectivity index (χ0v) is 13.7. The number of hydrogen-bond acceptors (Lipinski definition) is 4. The van der Waals surface area contributed by atoms with Crippen LogP contribution in [0.5, 0.6) is 0 Å². The zero-order chi connectivity index (χ0) is 16.7. The van der Waals surface area contributed by atoms with E-state index >= 15 is 0 Å². The summed E-state index contributed by atoms with van der Waals surface area (Å²) in [5.41, 5.74) is 4.44. The van der Waals surface area contributed by atoms with Crippen molar-refractivity contribution in [3.05, 3.63) is 41.5 Å². The number of amides is 2. The average molecular weight is 325 g/mol. The van der Waals surface area contributed by atoms with Crippen LogP contribution in [0, 0.1) is 6.92 Å². The number of anilines is 1. The Bertz CT molecular complexity index is 911. The number of aromatic nitrogens is 3. The van der Waals surface area contributed by atoms with Crippen LogP contribution in [0.15, 0.2) is 28.8 Å². The molecular formula is C17H19N5O2. The molecule has 0 radical (unpaired) electrons. The number of rotatable bonds is 2. The lowest BCUT2D eigenvalue weighted by atomic mass is 9.93. The van der Waals surface area contributed by atoms with Crippen LogP contribution < -0.4 is 10.6 Å². The fourth-order valence-electron chi connectivity index (χ4n) is 3.30. The van der Waals surface area contributed by atoms with Crippen molar-refractivity contribution < 1.29 is 9.21 Å². The Kier molecular flexibility index (Phi) is 3.48. The Labute approximate surface area is 139 Å². The number of nitrogens with one attached hydrogen (secondary N) is 2. The molecule has 7 heteroatoms. The molecule has 1 aliphatic rings. The van der Waals surface area contributed by atoms with E-state index in [4.69, 9.17) is 4.42 Å². The van der Waals surface area contributed by atoms with Crippen molar-refractivity contribution in [2.24, 2.45) is 7.05 Å². The van der Waals surface area contributed by atoms with Crippen LogP contribution in [0.3, 0.4) is 0 Å². The number of hydrogen-bond donors (Lipinski definition) is 2. The quantitative estimate of drug-likeness (QED) is 0.758. The largest absolute Gasteiger partial charge is 0.441 e. The summed E-state index contributed by atoms with van der Waals surface area (Å²) in [4.78, 5) is 16.6. The maximum absolute atomic E-state index is 12.3. The van der Waals surface area contributed by atoms with Gasteiger partial charge in [-0.3, -0.25) is 4.68 Å². The Morgan fingerprint density at radius 1 is 1.42 bits per heavy atom. The van der Waals surface area contributed by atoms with Crippen LogP contribution in [0.4, 0.5) is 10.5 Å². The van der Waals surface area contributed by atoms with Crippen molar-refractivity contribution >= 4 is 22.8 Å². The molecule has 0 fully saturated rings. The van der Waals surface area contributed by atoms with Gasteiger partial charge >= 0.3 is 6.03 Å². The minimum absolute atomic E-state index is 0.00120. The van der Waals surface area contributed by atoms with E-state index in [0.29, 0.717) is 17.2 Å². The molecular weight excluding hydrogens is 306 g/mol. The van der Waals surface area contributed by atoms with E-state index in [1.54, 1.807) is 13.0 Å². The standard InChI is InChI=1S/C17H19N5O2/c1-10-19-14-7-6-11(8-16(14)24-10)20-17(23)21-13-4-3-5-15-12(13)9-18-22(15)2/h6-9,13H,3-5H2,1-2H3,(H2,20,21,23)/t13-/m1/s1. The van der Waals surface area contributed by atoms with Gasteiger partial charge in [0.1, 0.15) is 5.52 Å². The molecule has 0 unspecified atom stereocenters. The van der Waals surface area contributed by atoms with E-state index in [1.807, 2.05) is 30.1 Å². The monoisotopic (exact) mass is 325 g/mol. The summed E-state index contributed by atoms with van der Waals surface area (Å²) in [6.45, 7) is 1.80. The van der Waals surface area contributed by atoms with Gasteiger partial charge in [-0.05, 0) is 31.4 Å². The summed E-state index contributed by atoms with van der Waals surface area (Å²) in [6.07, 6.45) is 4.82. The van der Waals surface area contributed by atoms with Crippen molar-refractivity contribution in [1.29, 1.82) is 0 Å². The first-order valence-electron chi connectivity index (χ1n) is 8.05. The molecule has 2 heterocycles. The number of fused-ring (bicyclic) bond motifs is 2. The molecule has 1 aliphatic carbocycles. The second kappa shape index (κ2) is 5.67. The Morgan fingerprint density at radius 2 is 2.29 bits per heavy atom. The molecule has 124 valence electrons. The lowest BCUT2D eigenvalue weighted by molar-refractivity contribution is 0.247.